The van der Waals surface area contributed by atoms with Crippen LogP contribution in [-0.2, 0) is 19.6 Å². The number of likely N-dealkylation sites (tertiary alicyclic amines) is 1. The van der Waals surface area contributed by atoms with E-state index >= 15 is 0 Å². The molecule has 260 valence electrons. The molecule has 0 radical (unpaired) electrons. The highest BCUT2D eigenvalue weighted by Gasteiger charge is 2.25. The van der Waals surface area contributed by atoms with E-state index < -0.39 is 0 Å². The van der Waals surface area contributed by atoms with E-state index in [0.717, 1.165) is 38.4 Å². The van der Waals surface area contributed by atoms with Crippen LogP contribution in [0.5, 0.6) is 0 Å². The minimum atomic E-state index is 0. The van der Waals surface area contributed by atoms with Gasteiger partial charge in [-0.3, -0.25) is 14.8 Å². The molecule has 4 aromatic carbocycles. The van der Waals surface area contributed by atoms with Gasteiger partial charge in [-0.05, 0) is 159 Å². The Balaban J connectivity index is 0.00000217. The first-order valence-electron chi connectivity index (χ1n) is 16.9. The third kappa shape index (κ3) is 9.96. The summed E-state index contributed by atoms with van der Waals surface area (Å²) in [7, 11) is 0. The molecule has 6 rings (SSSR count). The van der Waals surface area contributed by atoms with Gasteiger partial charge < -0.3 is 0 Å². The molecule has 1 aliphatic rings. The smallest absolute Gasteiger partial charge is 0.0705 e. The summed E-state index contributed by atoms with van der Waals surface area (Å²) in [4.78, 5) is 10.1. The predicted molar refractivity (Wildman–Crippen MR) is 216 cm³/mol. The van der Waals surface area contributed by atoms with Crippen LogP contribution in [0.4, 0.5) is 0 Å². The van der Waals surface area contributed by atoms with Crippen molar-refractivity contribution in [3.8, 4) is 22.4 Å². The van der Waals surface area contributed by atoms with Gasteiger partial charge in [0.1, 0.15) is 0 Å². The fraction of sp³-hybridized carbons (Fsp3) is 0.326. The Morgan fingerprint density at radius 2 is 1.12 bits per heavy atom. The van der Waals surface area contributed by atoms with Crippen LogP contribution in [0.25, 0.3) is 22.4 Å². The first-order chi connectivity index (χ1) is 22.2. The third-order valence-electron chi connectivity index (χ3n) is 10.3. The number of hydrogen-bond donors (Lipinski definition) is 0. The summed E-state index contributed by atoms with van der Waals surface area (Å²) < 4.78 is 0. The fourth-order valence-corrected chi connectivity index (χ4v) is 7.03. The van der Waals surface area contributed by atoms with Gasteiger partial charge in [0.05, 0.1) is 5.69 Å². The number of benzene rings is 4. The summed E-state index contributed by atoms with van der Waals surface area (Å²) in [6.07, 6.45) is 4.34. The largest absolute Gasteiger partial charge is 0.299 e. The second-order valence-corrected chi connectivity index (χ2v) is 13.6. The molecule has 6 heteroatoms. The summed E-state index contributed by atoms with van der Waals surface area (Å²) in [5.74, 6) is 0. The zero-order valence-corrected chi connectivity index (χ0v) is 32.3. The number of aromatic nitrogens is 1. The first kappa shape index (κ1) is 40.3. The molecular formula is C43H52Cl3N3. The van der Waals surface area contributed by atoms with Crippen LogP contribution >= 0.6 is 37.2 Å². The van der Waals surface area contributed by atoms with Gasteiger partial charge in [0.25, 0.3) is 0 Å². The van der Waals surface area contributed by atoms with Crippen molar-refractivity contribution in [3.05, 3.63) is 147 Å². The van der Waals surface area contributed by atoms with Crippen LogP contribution in [0.2, 0.25) is 0 Å². The highest BCUT2D eigenvalue weighted by atomic mass is 35.5. The van der Waals surface area contributed by atoms with E-state index in [-0.39, 0.29) is 37.2 Å². The monoisotopic (exact) mass is 715 g/mol. The van der Waals surface area contributed by atoms with Crippen LogP contribution in [0.3, 0.4) is 0 Å². The maximum Gasteiger partial charge on any atom is 0.0705 e. The highest BCUT2D eigenvalue weighted by Crippen LogP contribution is 2.29. The van der Waals surface area contributed by atoms with Crippen molar-refractivity contribution in [1.29, 1.82) is 0 Å². The van der Waals surface area contributed by atoms with Gasteiger partial charge in [0.2, 0.25) is 0 Å². The number of piperidine rings is 1. The van der Waals surface area contributed by atoms with Gasteiger partial charge in [0, 0.05) is 37.4 Å². The molecule has 1 aliphatic heterocycles. The zero-order chi connectivity index (χ0) is 32.2. The molecule has 2 heterocycles. The van der Waals surface area contributed by atoms with Crippen molar-refractivity contribution >= 4 is 37.2 Å². The average Bonchev–Trinajstić information content (AvgIpc) is 3.06. The second kappa shape index (κ2) is 18.2. The normalized spacial score (nSPS) is 13.4. The quantitative estimate of drug-likeness (QED) is 0.151. The van der Waals surface area contributed by atoms with E-state index in [0.29, 0.717) is 6.04 Å². The maximum absolute atomic E-state index is 4.74. The number of aryl methyl sites for hydroxylation is 4. The van der Waals surface area contributed by atoms with Crippen LogP contribution in [0, 0.1) is 41.5 Å². The number of halogens is 3. The minimum Gasteiger partial charge on any atom is -0.299 e. The second-order valence-electron chi connectivity index (χ2n) is 13.6. The van der Waals surface area contributed by atoms with Gasteiger partial charge in [-0.15, -0.1) is 37.2 Å². The number of nitrogens with zero attached hydrogens (tertiary/aromatic N) is 3. The molecule has 0 spiro atoms. The van der Waals surface area contributed by atoms with Crippen molar-refractivity contribution in [2.45, 2.75) is 80.1 Å². The van der Waals surface area contributed by atoms with Crippen LogP contribution in [0.1, 0.15) is 62.9 Å². The molecule has 1 fully saturated rings. The van der Waals surface area contributed by atoms with Crippen LogP contribution < -0.4 is 0 Å². The summed E-state index contributed by atoms with van der Waals surface area (Å²) in [6.45, 7) is 18.4. The van der Waals surface area contributed by atoms with E-state index in [1.807, 2.05) is 6.20 Å². The lowest BCUT2D eigenvalue weighted by Crippen LogP contribution is -2.44. The van der Waals surface area contributed by atoms with E-state index in [1.165, 1.54) is 79.6 Å². The Hall–Kier alpha value is -3.18. The number of hydrogen-bond acceptors (Lipinski definition) is 3. The van der Waals surface area contributed by atoms with Crippen LogP contribution in [-0.4, -0.2) is 33.9 Å². The molecule has 0 amide bonds. The Bertz CT molecular complexity index is 1770. The molecule has 3 nitrogen and oxygen atoms in total. The molecule has 0 unspecified atom stereocenters. The molecule has 0 aliphatic carbocycles. The molecule has 0 atom stereocenters. The predicted octanol–water partition coefficient (Wildman–Crippen LogP) is 11.2. The lowest BCUT2D eigenvalue weighted by atomic mass is 9.95. The molecule has 0 saturated carbocycles. The summed E-state index contributed by atoms with van der Waals surface area (Å²) in [5, 5.41) is 0. The Morgan fingerprint density at radius 3 is 1.73 bits per heavy atom. The van der Waals surface area contributed by atoms with Gasteiger partial charge in [-0.2, -0.15) is 0 Å². The van der Waals surface area contributed by atoms with E-state index in [1.54, 1.807) is 0 Å². The third-order valence-corrected chi connectivity index (χ3v) is 10.3. The topological polar surface area (TPSA) is 19.4 Å². The molecule has 1 saturated heterocycles. The van der Waals surface area contributed by atoms with E-state index in [4.69, 9.17) is 4.98 Å². The minimum absolute atomic E-state index is 0. The number of pyridine rings is 1. The van der Waals surface area contributed by atoms with Gasteiger partial charge in [-0.1, -0.05) is 60.7 Å². The maximum atomic E-state index is 4.74. The molecule has 1 aromatic heterocycles. The van der Waals surface area contributed by atoms with Gasteiger partial charge in [-0.25, -0.2) is 0 Å². The van der Waals surface area contributed by atoms with E-state index in [2.05, 4.69) is 142 Å². The molecule has 0 bridgehead atoms. The van der Waals surface area contributed by atoms with Crippen molar-refractivity contribution in [2.75, 3.05) is 13.1 Å². The SMILES string of the molecule is Cc1cc(-c2cccc(CN(Cc3ccccc3)C3CCN(Cc4ccnc(-c5cc(C)c(C)c(C)c5)c4)CC3)c2)cc(C)c1C.Cl.Cl.Cl. The summed E-state index contributed by atoms with van der Waals surface area (Å²) >= 11 is 0. The number of rotatable bonds is 9. The van der Waals surface area contributed by atoms with Crippen molar-refractivity contribution in [1.82, 2.24) is 14.8 Å². The van der Waals surface area contributed by atoms with Gasteiger partial charge in [0.15, 0.2) is 0 Å². The van der Waals surface area contributed by atoms with Crippen molar-refractivity contribution in [3.63, 3.8) is 0 Å². The molecule has 49 heavy (non-hydrogen) atoms. The average molecular weight is 717 g/mol. The van der Waals surface area contributed by atoms with Crippen LogP contribution in [0.15, 0.2) is 97.2 Å². The van der Waals surface area contributed by atoms with Gasteiger partial charge >= 0.3 is 0 Å². The fourth-order valence-electron chi connectivity index (χ4n) is 7.03. The van der Waals surface area contributed by atoms with E-state index in [9.17, 15) is 0 Å². The molecule has 0 N–H and O–H groups in total. The Labute approximate surface area is 313 Å². The van der Waals surface area contributed by atoms with Crippen molar-refractivity contribution in [2.24, 2.45) is 0 Å². The lowest BCUT2D eigenvalue weighted by molar-refractivity contribution is 0.0933. The lowest BCUT2D eigenvalue weighted by Gasteiger charge is -2.39. The molecule has 5 aromatic rings. The van der Waals surface area contributed by atoms with Crippen molar-refractivity contribution < 1.29 is 0 Å². The highest BCUT2D eigenvalue weighted by molar-refractivity contribution is 5.86. The standard InChI is InChI=1S/C43H49N3.3ClH/c1-30-21-40(22-31(2)34(30)5)39-14-10-13-37(25-39)29-46(28-36-11-8-7-9-12-36)42-16-19-45(20-17-42)27-38-15-18-44-43(26-38)41-23-32(3)35(6)33(4)24-41;;;/h7-15,18,21-26,42H,16-17,19-20,27-29H2,1-6H3;3*1H. The zero-order valence-electron chi connectivity index (χ0n) is 29.8. The summed E-state index contributed by atoms with van der Waals surface area (Å²) in [5.41, 5.74) is 17.2. The Morgan fingerprint density at radius 1 is 0.571 bits per heavy atom. The Kier molecular flexibility index (Phi) is 14.9. The first-order valence-corrected chi connectivity index (χ1v) is 16.9. The summed E-state index contributed by atoms with van der Waals surface area (Å²) in [6, 6.07) is 34.5. The molecular weight excluding hydrogens is 665 g/mol.